The summed E-state index contributed by atoms with van der Waals surface area (Å²) in [5, 5.41) is 15.8. The summed E-state index contributed by atoms with van der Waals surface area (Å²) < 4.78 is 7.89. The Kier molecular flexibility index (Phi) is 7.56. The Morgan fingerprint density at radius 2 is 2.09 bits per heavy atom. The van der Waals surface area contributed by atoms with Crippen molar-refractivity contribution < 1.29 is 14.3 Å². The van der Waals surface area contributed by atoms with Crippen LogP contribution in [-0.4, -0.2) is 46.0 Å². The monoisotopic (exact) mass is 471 g/mol. The topological polar surface area (TPSA) is 98.1 Å². The highest BCUT2D eigenvalue weighted by molar-refractivity contribution is 8.00. The van der Waals surface area contributed by atoms with Crippen molar-refractivity contribution in [2.24, 2.45) is 0 Å². The fourth-order valence-corrected chi connectivity index (χ4v) is 5.27. The lowest BCUT2D eigenvalue weighted by molar-refractivity contribution is -0.119. The predicted octanol–water partition coefficient (Wildman–Crippen LogP) is 3.86. The van der Waals surface area contributed by atoms with Crippen molar-refractivity contribution >= 4 is 35.0 Å². The molecule has 0 unspecified atom stereocenters. The maximum absolute atomic E-state index is 13.1. The molecule has 0 spiro atoms. The van der Waals surface area contributed by atoms with Gasteiger partial charge in [-0.2, -0.15) is 0 Å². The second-order valence-corrected chi connectivity index (χ2v) is 9.31. The van der Waals surface area contributed by atoms with Gasteiger partial charge in [0.05, 0.1) is 17.5 Å². The lowest BCUT2D eigenvalue weighted by atomic mass is 10.1. The molecule has 1 aliphatic rings. The summed E-state index contributed by atoms with van der Waals surface area (Å²) in [7, 11) is 0. The first-order chi connectivity index (χ1) is 15.7. The van der Waals surface area contributed by atoms with Gasteiger partial charge in [-0.3, -0.25) is 14.7 Å². The lowest BCUT2D eigenvalue weighted by Crippen LogP contribution is -2.41. The Labute approximate surface area is 194 Å². The largest absolute Gasteiger partial charge is 0.376 e. The number of rotatable bonds is 8. The van der Waals surface area contributed by atoms with Gasteiger partial charge in [-0.05, 0) is 36.8 Å². The van der Waals surface area contributed by atoms with Crippen LogP contribution in [0.25, 0.3) is 10.7 Å². The summed E-state index contributed by atoms with van der Waals surface area (Å²) in [6.45, 7) is 3.60. The maximum atomic E-state index is 13.1. The van der Waals surface area contributed by atoms with Crippen LogP contribution in [0.3, 0.4) is 0 Å². The zero-order valence-corrected chi connectivity index (χ0v) is 19.3. The third-order valence-electron chi connectivity index (χ3n) is 5.01. The van der Waals surface area contributed by atoms with E-state index in [0.717, 1.165) is 35.7 Å². The van der Waals surface area contributed by atoms with Crippen LogP contribution in [0.15, 0.2) is 53.0 Å². The third kappa shape index (κ3) is 5.37. The first kappa shape index (κ1) is 22.5. The van der Waals surface area contributed by atoms with Gasteiger partial charge in [-0.1, -0.05) is 48.2 Å². The van der Waals surface area contributed by atoms with Crippen molar-refractivity contribution in [1.82, 2.24) is 25.4 Å². The van der Waals surface area contributed by atoms with Crippen molar-refractivity contribution in [3.63, 3.8) is 0 Å². The number of thioether (sulfide) groups is 1. The third-order valence-corrected chi connectivity index (χ3v) is 7.11. The summed E-state index contributed by atoms with van der Waals surface area (Å²) in [4.78, 5) is 26.1. The van der Waals surface area contributed by atoms with Gasteiger partial charge in [0, 0.05) is 13.2 Å². The number of carbonyl (C=O) groups is 2. The zero-order valence-electron chi connectivity index (χ0n) is 17.7. The molecule has 2 N–H and O–H groups in total. The van der Waals surface area contributed by atoms with Gasteiger partial charge in [-0.15, -0.1) is 21.5 Å². The average Bonchev–Trinajstić information content (AvgIpc) is 3.56. The second kappa shape index (κ2) is 10.8. The molecule has 3 heterocycles. The maximum Gasteiger partial charge on any atom is 0.321 e. The minimum Gasteiger partial charge on any atom is -0.376 e. The summed E-state index contributed by atoms with van der Waals surface area (Å²) in [5.41, 5.74) is 0.781. The number of nitrogens with zero attached hydrogens (tertiary/aromatic N) is 3. The van der Waals surface area contributed by atoms with Gasteiger partial charge in [0.15, 0.2) is 11.0 Å². The Balaban J connectivity index is 1.65. The molecule has 4 rings (SSSR count). The van der Waals surface area contributed by atoms with E-state index in [1.165, 1.54) is 11.8 Å². The minimum absolute atomic E-state index is 0.0865. The summed E-state index contributed by atoms with van der Waals surface area (Å²) in [6.07, 6.45) is 2.10. The fourth-order valence-electron chi connectivity index (χ4n) is 3.51. The molecule has 2 aromatic heterocycles. The van der Waals surface area contributed by atoms with Crippen molar-refractivity contribution in [1.29, 1.82) is 0 Å². The molecule has 0 radical (unpaired) electrons. The number of amides is 3. The molecule has 10 heteroatoms. The summed E-state index contributed by atoms with van der Waals surface area (Å²) >= 11 is 2.88. The normalized spacial score (nSPS) is 16.6. The number of benzene rings is 1. The standard InChI is InChI=1S/C22H25N5O3S2/c1-2-23-21(29)24-20(28)18(15-8-4-3-5-9-15)32-22-26-25-19(17-11-7-13-31-17)27(22)14-16-10-6-12-30-16/h3-5,7-9,11,13,16,18H,2,6,10,12,14H2,1H3,(H2,23,24,28,29)/t16-,18-/m0/s1. The van der Waals surface area contributed by atoms with Crippen LogP contribution in [-0.2, 0) is 16.1 Å². The number of nitrogens with one attached hydrogen (secondary N) is 2. The Bertz CT molecular complexity index is 1030. The molecule has 3 aromatic rings. The number of carbonyl (C=O) groups excluding carboxylic acids is 2. The van der Waals surface area contributed by atoms with Crippen LogP contribution in [0.4, 0.5) is 4.79 Å². The van der Waals surface area contributed by atoms with Gasteiger partial charge >= 0.3 is 6.03 Å². The predicted molar refractivity (Wildman–Crippen MR) is 125 cm³/mol. The van der Waals surface area contributed by atoms with Crippen molar-refractivity contribution in [2.45, 2.75) is 42.8 Å². The SMILES string of the molecule is CCNC(=O)NC(=O)[C@@H](Sc1nnc(-c2cccs2)n1C[C@@H]1CCCO1)c1ccccc1. The van der Waals surface area contributed by atoms with Gasteiger partial charge in [-0.25, -0.2) is 4.79 Å². The van der Waals surface area contributed by atoms with Crippen LogP contribution in [0.5, 0.6) is 0 Å². The van der Waals surface area contributed by atoms with Gasteiger partial charge < -0.3 is 10.1 Å². The molecule has 3 amide bonds. The highest BCUT2D eigenvalue weighted by Crippen LogP contribution is 2.37. The van der Waals surface area contributed by atoms with Gasteiger partial charge in [0.25, 0.3) is 0 Å². The van der Waals surface area contributed by atoms with E-state index in [0.29, 0.717) is 18.2 Å². The van der Waals surface area contributed by atoms with Crippen molar-refractivity contribution in [2.75, 3.05) is 13.2 Å². The quantitative estimate of drug-likeness (QED) is 0.484. The molecule has 32 heavy (non-hydrogen) atoms. The number of urea groups is 1. The molecule has 1 aromatic carbocycles. The van der Waals surface area contributed by atoms with E-state index in [1.807, 2.05) is 52.4 Å². The van der Waals surface area contributed by atoms with E-state index in [4.69, 9.17) is 4.74 Å². The molecular weight excluding hydrogens is 446 g/mol. The van der Waals surface area contributed by atoms with Gasteiger partial charge in [0.1, 0.15) is 5.25 Å². The molecule has 1 aliphatic heterocycles. The smallest absolute Gasteiger partial charge is 0.321 e. The van der Waals surface area contributed by atoms with E-state index < -0.39 is 17.2 Å². The Hall–Kier alpha value is -2.69. The summed E-state index contributed by atoms with van der Waals surface area (Å²) in [5.74, 6) is 0.352. The van der Waals surface area contributed by atoms with Crippen LogP contribution in [0.1, 0.15) is 30.6 Å². The average molecular weight is 472 g/mol. The summed E-state index contributed by atoms with van der Waals surface area (Å²) in [6, 6.07) is 12.8. The van der Waals surface area contributed by atoms with Crippen molar-refractivity contribution in [3.05, 3.63) is 53.4 Å². The molecule has 0 aliphatic carbocycles. The molecule has 168 valence electrons. The molecule has 8 nitrogen and oxygen atoms in total. The fraction of sp³-hybridized carbons (Fsp3) is 0.364. The number of imide groups is 1. The van der Waals surface area contributed by atoms with E-state index in [-0.39, 0.29) is 6.10 Å². The number of hydrogen-bond acceptors (Lipinski definition) is 7. The number of aromatic nitrogens is 3. The highest BCUT2D eigenvalue weighted by atomic mass is 32.2. The van der Waals surface area contributed by atoms with Crippen LogP contribution in [0.2, 0.25) is 0 Å². The minimum atomic E-state index is -0.664. The number of hydrogen-bond donors (Lipinski definition) is 2. The molecule has 1 fully saturated rings. The highest BCUT2D eigenvalue weighted by Gasteiger charge is 2.28. The second-order valence-electron chi connectivity index (χ2n) is 7.29. The molecular formula is C22H25N5O3S2. The lowest BCUT2D eigenvalue weighted by Gasteiger charge is -2.18. The number of thiophene rings is 1. The van der Waals surface area contributed by atoms with E-state index in [2.05, 4.69) is 20.8 Å². The Morgan fingerprint density at radius 1 is 1.25 bits per heavy atom. The Morgan fingerprint density at radius 3 is 2.78 bits per heavy atom. The van der Waals surface area contributed by atoms with E-state index in [1.54, 1.807) is 18.3 Å². The van der Waals surface area contributed by atoms with E-state index in [9.17, 15) is 9.59 Å². The molecule has 2 atom stereocenters. The zero-order chi connectivity index (χ0) is 22.3. The molecule has 0 saturated carbocycles. The van der Waals surface area contributed by atoms with Crippen molar-refractivity contribution in [3.8, 4) is 10.7 Å². The van der Waals surface area contributed by atoms with E-state index >= 15 is 0 Å². The van der Waals surface area contributed by atoms with Gasteiger partial charge in [0.2, 0.25) is 5.91 Å². The van der Waals surface area contributed by atoms with Crippen LogP contribution < -0.4 is 10.6 Å². The molecule has 0 bridgehead atoms. The molecule has 1 saturated heterocycles. The first-order valence-electron chi connectivity index (χ1n) is 10.5. The van der Waals surface area contributed by atoms with Crippen LogP contribution in [0, 0.1) is 0 Å². The van der Waals surface area contributed by atoms with Crippen LogP contribution >= 0.6 is 23.1 Å². The number of ether oxygens (including phenoxy) is 1. The first-order valence-corrected chi connectivity index (χ1v) is 12.3.